The number of aryl methyl sites for hydroxylation is 1. The molecule has 34 heavy (non-hydrogen) atoms. The van der Waals surface area contributed by atoms with Gasteiger partial charge in [0.1, 0.15) is 0 Å². The van der Waals surface area contributed by atoms with Crippen LogP contribution in [-0.4, -0.2) is 51.5 Å². The van der Waals surface area contributed by atoms with Gasteiger partial charge in [0.15, 0.2) is 5.78 Å². The maximum atomic E-state index is 11.6. The zero-order valence-electron chi connectivity index (χ0n) is 20.6. The topological polar surface area (TPSA) is 104 Å². The van der Waals surface area contributed by atoms with Crippen LogP contribution in [0.15, 0.2) is 48.6 Å². The van der Waals surface area contributed by atoms with Crippen molar-refractivity contribution in [1.82, 2.24) is 0 Å². The summed E-state index contributed by atoms with van der Waals surface area (Å²) in [6.45, 7) is 5.20. The highest BCUT2D eigenvalue weighted by molar-refractivity contribution is 5.94. The van der Waals surface area contributed by atoms with Gasteiger partial charge < -0.3 is 20.1 Å². The second-order valence-electron chi connectivity index (χ2n) is 9.49. The van der Waals surface area contributed by atoms with Crippen LogP contribution in [0.5, 0.6) is 0 Å². The summed E-state index contributed by atoms with van der Waals surface area (Å²) < 4.78 is 5.12. The molecule has 1 aromatic carbocycles. The Morgan fingerprint density at radius 2 is 1.82 bits per heavy atom. The van der Waals surface area contributed by atoms with Gasteiger partial charge in [-0.05, 0) is 64.4 Å². The maximum Gasteiger partial charge on any atom is 0.306 e. The van der Waals surface area contributed by atoms with Gasteiger partial charge in [-0.3, -0.25) is 9.59 Å². The summed E-state index contributed by atoms with van der Waals surface area (Å²) in [5.74, 6) is -0.484. The van der Waals surface area contributed by atoms with Crippen LogP contribution in [0.3, 0.4) is 0 Å². The van der Waals surface area contributed by atoms with Crippen molar-refractivity contribution in [2.45, 2.75) is 90.1 Å². The second-order valence-corrected chi connectivity index (χ2v) is 9.49. The Bertz CT molecular complexity index is 826. The highest BCUT2D eigenvalue weighted by Gasteiger charge is 2.39. The zero-order valence-corrected chi connectivity index (χ0v) is 20.6. The fourth-order valence-corrected chi connectivity index (χ4v) is 4.34. The Morgan fingerprint density at radius 1 is 1.12 bits per heavy atom. The number of allylic oxidation sites excluding steroid dienone is 2. The van der Waals surface area contributed by atoms with Crippen molar-refractivity contribution in [2.75, 3.05) is 0 Å². The molecule has 1 aliphatic rings. The molecule has 0 spiro atoms. The number of ether oxygens (including phenoxy) is 1. The quantitative estimate of drug-likeness (QED) is 0.172. The highest BCUT2D eigenvalue weighted by Crippen LogP contribution is 2.36. The Kier molecular flexibility index (Phi) is 11.7. The van der Waals surface area contributed by atoms with Crippen LogP contribution in [0, 0.1) is 11.8 Å². The molecule has 0 heterocycles. The van der Waals surface area contributed by atoms with E-state index in [1.54, 1.807) is 18.2 Å². The van der Waals surface area contributed by atoms with Crippen LogP contribution in [0.4, 0.5) is 0 Å². The minimum absolute atomic E-state index is 0.0302. The number of carbonyl (C=O) groups excluding carboxylic acids is 2. The highest BCUT2D eigenvalue weighted by atomic mass is 16.5. The third-order valence-electron chi connectivity index (χ3n) is 6.25. The van der Waals surface area contributed by atoms with Gasteiger partial charge in [-0.15, -0.1) is 0 Å². The summed E-state index contributed by atoms with van der Waals surface area (Å²) in [7, 11) is 0. The van der Waals surface area contributed by atoms with Crippen molar-refractivity contribution in [2.24, 2.45) is 11.8 Å². The van der Waals surface area contributed by atoms with E-state index in [-0.39, 0.29) is 29.7 Å². The Hall–Kier alpha value is -2.28. The smallest absolute Gasteiger partial charge is 0.306 e. The van der Waals surface area contributed by atoms with Crippen LogP contribution < -0.4 is 0 Å². The lowest BCUT2D eigenvalue weighted by Crippen LogP contribution is -2.20. The summed E-state index contributed by atoms with van der Waals surface area (Å²) in [5.41, 5.74) is 1.72. The fraction of sp³-hybridized carbons (Fsp3) is 0.571. The number of rotatable bonds is 13. The number of benzene rings is 1. The van der Waals surface area contributed by atoms with Crippen LogP contribution in [0.1, 0.15) is 75.2 Å². The molecule has 0 aliphatic heterocycles. The SMILES string of the molecule is CC(=O)c1ccc(CCC(O)/C=C/[C@@H]2[C@@H](C/C=C\CCCC(=O)OC(C)C)[C@@H](O)C[C@H]2O)cc1. The first-order chi connectivity index (χ1) is 16.2. The van der Waals surface area contributed by atoms with Crippen LogP contribution in [-0.2, 0) is 16.0 Å². The molecule has 6 heteroatoms. The summed E-state index contributed by atoms with van der Waals surface area (Å²) in [6.07, 6.45) is 9.60. The molecule has 188 valence electrons. The summed E-state index contributed by atoms with van der Waals surface area (Å²) >= 11 is 0. The first-order valence-electron chi connectivity index (χ1n) is 12.3. The van der Waals surface area contributed by atoms with Gasteiger partial charge in [0.25, 0.3) is 0 Å². The number of aliphatic hydroxyl groups excluding tert-OH is 3. The van der Waals surface area contributed by atoms with E-state index in [9.17, 15) is 24.9 Å². The first kappa shape index (κ1) is 28.0. The van der Waals surface area contributed by atoms with Crippen LogP contribution >= 0.6 is 0 Å². The van der Waals surface area contributed by atoms with Gasteiger partial charge in [-0.2, -0.15) is 0 Å². The fourth-order valence-electron chi connectivity index (χ4n) is 4.34. The molecule has 0 bridgehead atoms. The molecule has 0 saturated heterocycles. The van der Waals surface area contributed by atoms with Crippen LogP contribution in [0.2, 0.25) is 0 Å². The van der Waals surface area contributed by atoms with E-state index in [4.69, 9.17) is 4.74 Å². The monoisotopic (exact) mass is 472 g/mol. The summed E-state index contributed by atoms with van der Waals surface area (Å²) in [5, 5.41) is 31.2. The molecule has 1 aromatic rings. The van der Waals surface area contributed by atoms with Gasteiger partial charge in [-0.1, -0.05) is 48.6 Å². The summed E-state index contributed by atoms with van der Waals surface area (Å²) in [4.78, 5) is 22.9. The first-order valence-corrected chi connectivity index (χ1v) is 12.3. The Morgan fingerprint density at radius 3 is 2.47 bits per heavy atom. The average Bonchev–Trinajstić information content (AvgIpc) is 3.05. The van der Waals surface area contributed by atoms with Crippen molar-refractivity contribution in [3.8, 4) is 0 Å². The Balaban J connectivity index is 1.79. The van der Waals surface area contributed by atoms with E-state index >= 15 is 0 Å². The number of esters is 1. The number of ketones is 1. The van der Waals surface area contributed by atoms with E-state index in [1.807, 2.05) is 44.2 Å². The molecule has 1 fully saturated rings. The molecule has 3 N–H and O–H groups in total. The van der Waals surface area contributed by atoms with Crippen molar-refractivity contribution >= 4 is 11.8 Å². The van der Waals surface area contributed by atoms with E-state index < -0.39 is 18.3 Å². The third kappa shape index (κ3) is 9.53. The number of carbonyl (C=O) groups is 2. The molecule has 2 rings (SSSR count). The van der Waals surface area contributed by atoms with E-state index in [2.05, 4.69) is 0 Å². The molecule has 1 aliphatic carbocycles. The van der Waals surface area contributed by atoms with Gasteiger partial charge in [0, 0.05) is 24.3 Å². The van der Waals surface area contributed by atoms with Crippen molar-refractivity contribution in [3.05, 3.63) is 59.7 Å². The third-order valence-corrected chi connectivity index (χ3v) is 6.25. The van der Waals surface area contributed by atoms with E-state index in [0.717, 1.165) is 12.0 Å². The predicted octanol–water partition coefficient (Wildman–Crippen LogP) is 4.17. The lowest BCUT2D eigenvalue weighted by Gasteiger charge is -2.19. The number of hydrogen-bond donors (Lipinski definition) is 3. The summed E-state index contributed by atoms with van der Waals surface area (Å²) in [6, 6.07) is 7.40. The molecule has 5 atom stereocenters. The number of aliphatic hydroxyl groups is 3. The van der Waals surface area contributed by atoms with Gasteiger partial charge in [-0.25, -0.2) is 0 Å². The van der Waals surface area contributed by atoms with Crippen molar-refractivity contribution in [3.63, 3.8) is 0 Å². The zero-order chi connectivity index (χ0) is 25.1. The lowest BCUT2D eigenvalue weighted by atomic mass is 9.89. The van der Waals surface area contributed by atoms with E-state index in [1.165, 1.54) is 6.92 Å². The molecule has 0 aromatic heterocycles. The molecule has 0 amide bonds. The lowest BCUT2D eigenvalue weighted by molar-refractivity contribution is -0.147. The normalized spacial score (nSPS) is 23.7. The van der Waals surface area contributed by atoms with E-state index in [0.29, 0.717) is 44.1 Å². The largest absolute Gasteiger partial charge is 0.463 e. The molecular weight excluding hydrogens is 432 g/mol. The minimum atomic E-state index is -0.654. The number of hydrogen-bond acceptors (Lipinski definition) is 6. The number of Topliss-reactive ketones (excluding diaryl/α,β-unsaturated/α-hetero) is 1. The standard InChI is InChI=1S/C28H40O6/c1-19(2)34-28(33)9-7-5-4-6-8-24-25(27(32)18-26(24)31)17-16-23(30)15-12-21-10-13-22(14-11-21)20(3)29/h4,6,10-11,13-14,16-17,19,23-27,30-32H,5,7-9,12,15,18H2,1-3H3/b6-4-,17-16+/t23?,24-,25-,26+,27-/m1/s1. The Labute approximate surface area is 203 Å². The molecule has 1 unspecified atom stereocenters. The minimum Gasteiger partial charge on any atom is -0.463 e. The van der Waals surface area contributed by atoms with Gasteiger partial charge >= 0.3 is 5.97 Å². The van der Waals surface area contributed by atoms with Gasteiger partial charge in [0.05, 0.1) is 24.4 Å². The molecule has 0 radical (unpaired) electrons. The van der Waals surface area contributed by atoms with Crippen molar-refractivity contribution < 1.29 is 29.6 Å². The molecular formula is C28H40O6. The predicted molar refractivity (Wildman–Crippen MR) is 132 cm³/mol. The average molecular weight is 473 g/mol. The second kappa shape index (κ2) is 14.2. The molecule has 1 saturated carbocycles. The number of unbranched alkanes of at least 4 members (excludes halogenated alkanes) is 1. The van der Waals surface area contributed by atoms with Crippen molar-refractivity contribution in [1.29, 1.82) is 0 Å². The maximum absolute atomic E-state index is 11.6. The molecule has 6 nitrogen and oxygen atoms in total. The van der Waals surface area contributed by atoms with Gasteiger partial charge in [0.2, 0.25) is 0 Å². The van der Waals surface area contributed by atoms with Crippen LogP contribution in [0.25, 0.3) is 0 Å².